The van der Waals surface area contributed by atoms with Gasteiger partial charge in [-0.3, -0.25) is 0 Å². The van der Waals surface area contributed by atoms with E-state index in [-0.39, 0.29) is 0 Å². The van der Waals surface area contributed by atoms with Gasteiger partial charge in [-0.2, -0.15) is 0 Å². The third-order valence-electron chi connectivity index (χ3n) is 5.35. The summed E-state index contributed by atoms with van der Waals surface area (Å²) in [5.41, 5.74) is 5.07. The summed E-state index contributed by atoms with van der Waals surface area (Å²) in [6.07, 6.45) is 0. The normalized spacial score (nSPS) is 11.1. The fraction of sp³-hybridized carbons (Fsp3) is 0. The molecule has 0 aliphatic heterocycles. The predicted molar refractivity (Wildman–Crippen MR) is 145 cm³/mol. The van der Waals surface area contributed by atoms with Crippen LogP contribution in [0.15, 0.2) is 108 Å². The second-order valence-electron chi connectivity index (χ2n) is 7.45. The Labute approximate surface area is 203 Å². The Kier molecular flexibility index (Phi) is 5.37. The minimum atomic E-state index is 1.25. The van der Waals surface area contributed by atoms with E-state index in [1.54, 1.807) is 22.7 Å². The van der Waals surface area contributed by atoms with Crippen molar-refractivity contribution in [2.75, 3.05) is 0 Å². The van der Waals surface area contributed by atoms with Crippen LogP contribution >= 0.6 is 45.3 Å². The van der Waals surface area contributed by atoms with E-state index in [0.717, 1.165) is 0 Å². The summed E-state index contributed by atoms with van der Waals surface area (Å²) in [6.45, 7) is 0. The molecule has 0 nitrogen and oxygen atoms in total. The first-order valence-electron chi connectivity index (χ1n) is 10.3. The van der Waals surface area contributed by atoms with E-state index in [0.29, 0.717) is 0 Å². The molecule has 0 fully saturated rings. The monoisotopic (exact) mass is 482 g/mol. The molecule has 0 bridgehead atoms. The number of hydrogen-bond acceptors (Lipinski definition) is 4. The van der Waals surface area contributed by atoms with Crippen molar-refractivity contribution in [2.45, 2.75) is 0 Å². The largest absolute Gasteiger partial charge is 0.143 e. The van der Waals surface area contributed by atoms with Gasteiger partial charge in [-0.1, -0.05) is 42.5 Å². The first-order valence-corrected chi connectivity index (χ1v) is 13.7. The summed E-state index contributed by atoms with van der Waals surface area (Å²) in [4.78, 5) is 7.94. The number of hydrogen-bond donors (Lipinski definition) is 0. The van der Waals surface area contributed by atoms with Crippen LogP contribution in [-0.4, -0.2) is 0 Å². The Morgan fingerprint density at radius 3 is 1.34 bits per heavy atom. The maximum absolute atomic E-state index is 2.35. The van der Waals surface area contributed by atoms with Gasteiger partial charge in [-0.15, -0.1) is 45.3 Å². The first-order chi connectivity index (χ1) is 15.8. The van der Waals surface area contributed by atoms with Gasteiger partial charge in [0.15, 0.2) is 0 Å². The standard InChI is InChI=1S/C28H18S4/c1-2-6-19(7-3-1)20-16-21(23-10-12-27(31-23)25-8-4-14-29-25)18-22(17-20)24-11-13-28(32-24)26-9-5-15-30-26/h1-18H. The summed E-state index contributed by atoms with van der Waals surface area (Å²) in [5.74, 6) is 0. The molecule has 154 valence electrons. The fourth-order valence-electron chi connectivity index (χ4n) is 3.80. The molecule has 4 aromatic heterocycles. The lowest BCUT2D eigenvalue weighted by molar-refractivity contribution is 1.61. The van der Waals surface area contributed by atoms with E-state index in [1.807, 2.05) is 22.7 Å². The van der Waals surface area contributed by atoms with Gasteiger partial charge in [0.1, 0.15) is 0 Å². The molecule has 0 amide bonds. The molecular weight excluding hydrogens is 465 g/mol. The van der Waals surface area contributed by atoms with Gasteiger partial charge in [0.05, 0.1) is 0 Å². The zero-order chi connectivity index (χ0) is 21.3. The molecule has 2 aromatic carbocycles. The summed E-state index contributed by atoms with van der Waals surface area (Å²) in [7, 11) is 0. The SMILES string of the molecule is c1ccc(-c2cc(-c3ccc(-c4cccs4)s3)cc(-c3ccc(-c4cccs4)s3)c2)cc1. The van der Waals surface area contributed by atoms with Gasteiger partial charge < -0.3 is 0 Å². The molecule has 32 heavy (non-hydrogen) atoms. The van der Waals surface area contributed by atoms with E-state index < -0.39 is 0 Å². The van der Waals surface area contributed by atoms with Crippen molar-refractivity contribution in [3.8, 4) is 51.5 Å². The summed E-state index contributed by atoms with van der Waals surface area (Å²) >= 11 is 7.34. The van der Waals surface area contributed by atoms with E-state index in [2.05, 4.69) is 108 Å². The topological polar surface area (TPSA) is 0 Å². The Morgan fingerprint density at radius 1 is 0.344 bits per heavy atom. The Morgan fingerprint density at radius 2 is 0.844 bits per heavy atom. The molecule has 0 saturated carbocycles. The van der Waals surface area contributed by atoms with Crippen LogP contribution in [0.2, 0.25) is 0 Å². The molecule has 6 aromatic rings. The van der Waals surface area contributed by atoms with E-state index >= 15 is 0 Å². The van der Waals surface area contributed by atoms with Crippen molar-refractivity contribution >= 4 is 45.3 Å². The lowest BCUT2D eigenvalue weighted by atomic mass is 9.98. The minimum Gasteiger partial charge on any atom is -0.143 e. The molecule has 0 aliphatic carbocycles. The van der Waals surface area contributed by atoms with Crippen LogP contribution in [-0.2, 0) is 0 Å². The van der Waals surface area contributed by atoms with Crippen LogP contribution < -0.4 is 0 Å². The number of rotatable bonds is 5. The van der Waals surface area contributed by atoms with Crippen molar-refractivity contribution in [3.05, 3.63) is 108 Å². The average molecular weight is 483 g/mol. The smallest absolute Gasteiger partial charge is 0.0449 e. The highest BCUT2D eigenvalue weighted by Gasteiger charge is 2.12. The van der Waals surface area contributed by atoms with Crippen LogP contribution in [0.3, 0.4) is 0 Å². The van der Waals surface area contributed by atoms with Gasteiger partial charge in [0.2, 0.25) is 0 Å². The molecular formula is C28H18S4. The highest BCUT2D eigenvalue weighted by molar-refractivity contribution is 7.23. The molecule has 4 heterocycles. The Balaban J connectivity index is 1.46. The van der Waals surface area contributed by atoms with E-state index in [1.165, 1.54) is 51.5 Å². The van der Waals surface area contributed by atoms with Crippen LogP contribution in [0, 0.1) is 0 Å². The van der Waals surface area contributed by atoms with Crippen molar-refractivity contribution < 1.29 is 0 Å². The Hall–Kier alpha value is -2.76. The quantitative estimate of drug-likeness (QED) is 0.229. The molecule has 0 radical (unpaired) electrons. The second kappa shape index (κ2) is 8.64. The first kappa shape index (κ1) is 19.9. The van der Waals surface area contributed by atoms with Crippen molar-refractivity contribution in [1.29, 1.82) is 0 Å². The van der Waals surface area contributed by atoms with Crippen LogP contribution in [0.25, 0.3) is 51.5 Å². The minimum absolute atomic E-state index is 1.25. The second-order valence-corrected chi connectivity index (χ2v) is 11.5. The van der Waals surface area contributed by atoms with E-state index in [4.69, 9.17) is 0 Å². The molecule has 0 saturated heterocycles. The summed E-state index contributed by atoms with van der Waals surface area (Å²) < 4.78 is 0. The zero-order valence-corrected chi connectivity index (χ0v) is 20.3. The van der Waals surface area contributed by atoms with E-state index in [9.17, 15) is 0 Å². The molecule has 4 heteroatoms. The lowest BCUT2D eigenvalue weighted by Crippen LogP contribution is -1.83. The highest BCUT2D eigenvalue weighted by atomic mass is 32.1. The number of thiophene rings is 4. The Bertz CT molecular complexity index is 1360. The van der Waals surface area contributed by atoms with Crippen molar-refractivity contribution in [3.63, 3.8) is 0 Å². The maximum Gasteiger partial charge on any atom is 0.0449 e. The molecule has 0 aliphatic rings. The van der Waals surface area contributed by atoms with Gasteiger partial charge in [-0.05, 0) is 87.6 Å². The average Bonchev–Trinajstić information content (AvgIpc) is 3.66. The molecule has 0 spiro atoms. The van der Waals surface area contributed by atoms with Crippen LogP contribution in [0.5, 0.6) is 0 Å². The highest BCUT2D eigenvalue weighted by Crippen LogP contribution is 2.42. The lowest BCUT2D eigenvalue weighted by Gasteiger charge is -2.09. The zero-order valence-electron chi connectivity index (χ0n) is 17.0. The summed E-state index contributed by atoms with van der Waals surface area (Å²) in [6, 6.07) is 35.4. The van der Waals surface area contributed by atoms with Gasteiger partial charge in [0.25, 0.3) is 0 Å². The third kappa shape index (κ3) is 3.91. The van der Waals surface area contributed by atoms with Gasteiger partial charge in [0, 0.05) is 29.3 Å². The van der Waals surface area contributed by atoms with Crippen molar-refractivity contribution in [1.82, 2.24) is 0 Å². The number of benzene rings is 2. The molecule has 0 N–H and O–H groups in total. The fourth-order valence-corrected chi connectivity index (χ4v) is 7.45. The molecule has 0 unspecified atom stereocenters. The maximum atomic E-state index is 2.35. The predicted octanol–water partition coefficient (Wildman–Crippen LogP) is 10.3. The van der Waals surface area contributed by atoms with Gasteiger partial charge >= 0.3 is 0 Å². The van der Waals surface area contributed by atoms with Crippen molar-refractivity contribution in [2.24, 2.45) is 0 Å². The molecule has 6 rings (SSSR count). The molecule has 0 atom stereocenters. The third-order valence-corrected chi connectivity index (χ3v) is 9.75. The van der Waals surface area contributed by atoms with Crippen LogP contribution in [0.1, 0.15) is 0 Å². The summed E-state index contributed by atoms with van der Waals surface area (Å²) in [5, 5.41) is 4.29. The van der Waals surface area contributed by atoms with Crippen LogP contribution in [0.4, 0.5) is 0 Å². The van der Waals surface area contributed by atoms with Gasteiger partial charge in [-0.25, -0.2) is 0 Å².